The van der Waals surface area contributed by atoms with Crippen LogP contribution in [0.3, 0.4) is 0 Å². The molecule has 5 nitrogen and oxygen atoms in total. The van der Waals surface area contributed by atoms with Gasteiger partial charge in [-0.2, -0.15) is 0 Å². The molecule has 0 aliphatic heterocycles. The number of hydrogen-bond donors (Lipinski definition) is 2. The molecule has 0 radical (unpaired) electrons. The molecule has 0 aliphatic carbocycles. The molecule has 0 unspecified atom stereocenters. The summed E-state index contributed by atoms with van der Waals surface area (Å²) in [5, 5.41) is 2.49. The summed E-state index contributed by atoms with van der Waals surface area (Å²) >= 11 is 0. The molecule has 1 amide bonds. The number of amides is 1. The SMILES string of the molecule is COC(=O)[C@H](C)NC(=O)c1ccccc1N.Cl. The van der Waals surface area contributed by atoms with Gasteiger partial charge in [-0.25, -0.2) is 4.79 Å². The molecule has 17 heavy (non-hydrogen) atoms. The molecule has 1 rings (SSSR count). The average Bonchev–Trinajstić information content (AvgIpc) is 2.28. The van der Waals surface area contributed by atoms with Crippen molar-refractivity contribution in [2.75, 3.05) is 12.8 Å². The highest BCUT2D eigenvalue weighted by atomic mass is 35.5. The molecular formula is C11H15ClN2O3. The van der Waals surface area contributed by atoms with E-state index in [1.165, 1.54) is 7.11 Å². The number of halogens is 1. The van der Waals surface area contributed by atoms with Gasteiger partial charge in [0.15, 0.2) is 0 Å². The van der Waals surface area contributed by atoms with Crippen molar-refractivity contribution in [1.29, 1.82) is 0 Å². The Hall–Kier alpha value is -1.75. The van der Waals surface area contributed by atoms with Crippen LogP contribution >= 0.6 is 12.4 Å². The number of rotatable bonds is 3. The molecule has 0 heterocycles. The zero-order valence-corrected chi connectivity index (χ0v) is 10.4. The molecule has 0 saturated carbocycles. The van der Waals surface area contributed by atoms with Crippen molar-refractivity contribution >= 4 is 30.0 Å². The number of nitrogen functional groups attached to an aromatic ring is 1. The Morgan fingerprint density at radius 3 is 2.47 bits per heavy atom. The first kappa shape index (κ1) is 15.2. The van der Waals surface area contributed by atoms with Gasteiger partial charge in [0.2, 0.25) is 0 Å². The van der Waals surface area contributed by atoms with Crippen LogP contribution in [0.25, 0.3) is 0 Å². The summed E-state index contributed by atoms with van der Waals surface area (Å²) < 4.78 is 4.49. The highest BCUT2D eigenvalue weighted by Gasteiger charge is 2.17. The van der Waals surface area contributed by atoms with Crippen molar-refractivity contribution in [1.82, 2.24) is 5.32 Å². The van der Waals surface area contributed by atoms with Gasteiger partial charge in [-0.3, -0.25) is 4.79 Å². The van der Waals surface area contributed by atoms with Crippen LogP contribution < -0.4 is 11.1 Å². The molecule has 3 N–H and O–H groups in total. The number of anilines is 1. The predicted octanol–water partition coefficient (Wildman–Crippen LogP) is 0.982. The van der Waals surface area contributed by atoms with Crippen molar-refractivity contribution in [3.05, 3.63) is 29.8 Å². The molecular weight excluding hydrogens is 244 g/mol. The number of methoxy groups -OCH3 is 1. The van der Waals surface area contributed by atoms with Crippen LogP contribution in [0.1, 0.15) is 17.3 Å². The first-order valence-electron chi connectivity index (χ1n) is 4.79. The fourth-order valence-electron chi connectivity index (χ4n) is 1.21. The lowest BCUT2D eigenvalue weighted by molar-refractivity contribution is -0.142. The maximum Gasteiger partial charge on any atom is 0.328 e. The number of carbonyl (C=O) groups is 2. The van der Waals surface area contributed by atoms with Crippen LogP contribution in [-0.4, -0.2) is 25.0 Å². The van der Waals surface area contributed by atoms with Gasteiger partial charge in [-0.15, -0.1) is 12.4 Å². The molecule has 94 valence electrons. The van der Waals surface area contributed by atoms with Gasteiger partial charge in [0.05, 0.1) is 12.7 Å². The zero-order valence-electron chi connectivity index (χ0n) is 9.60. The maximum atomic E-state index is 11.7. The molecule has 0 bridgehead atoms. The highest BCUT2D eigenvalue weighted by molar-refractivity contribution is 6.00. The van der Waals surface area contributed by atoms with Gasteiger partial charge >= 0.3 is 5.97 Å². The number of nitrogens with one attached hydrogen (secondary N) is 1. The summed E-state index contributed by atoms with van der Waals surface area (Å²) in [6.45, 7) is 1.54. The largest absolute Gasteiger partial charge is 0.467 e. The van der Waals surface area contributed by atoms with E-state index in [1.807, 2.05) is 0 Å². The normalized spacial score (nSPS) is 10.9. The second kappa shape index (κ2) is 6.75. The van der Waals surface area contributed by atoms with Crippen LogP contribution in [0, 0.1) is 0 Å². The van der Waals surface area contributed by atoms with Gasteiger partial charge in [0.1, 0.15) is 6.04 Å². The van der Waals surface area contributed by atoms with Crippen molar-refractivity contribution in [3.63, 3.8) is 0 Å². The van der Waals surface area contributed by atoms with Crippen LogP contribution in [0.5, 0.6) is 0 Å². The number of esters is 1. The fourth-order valence-corrected chi connectivity index (χ4v) is 1.21. The summed E-state index contributed by atoms with van der Waals surface area (Å²) in [5.41, 5.74) is 6.35. The predicted molar refractivity (Wildman–Crippen MR) is 67.0 cm³/mol. The fraction of sp³-hybridized carbons (Fsp3) is 0.273. The minimum atomic E-state index is -0.697. The molecule has 6 heteroatoms. The maximum absolute atomic E-state index is 11.7. The van der Waals surface area contributed by atoms with E-state index in [0.29, 0.717) is 11.3 Å². The van der Waals surface area contributed by atoms with Crippen molar-refractivity contribution in [2.24, 2.45) is 0 Å². The molecule has 0 fully saturated rings. The van der Waals surface area contributed by atoms with Gasteiger partial charge in [0.25, 0.3) is 5.91 Å². The van der Waals surface area contributed by atoms with Gasteiger partial charge in [0, 0.05) is 5.69 Å². The van der Waals surface area contributed by atoms with E-state index in [-0.39, 0.29) is 12.4 Å². The Morgan fingerprint density at radius 1 is 1.35 bits per heavy atom. The molecule has 1 aromatic carbocycles. The molecule has 1 atom stereocenters. The third kappa shape index (κ3) is 3.96. The topological polar surface area (TPSA) is 81.4 Å². The zero-order chi connectivity index (χ0) is 12.1. The van der Waals surface area contributed by atoms with Crippen LogP contribution in [0.15, 0.2) is 24.3 Å². The number of ether oxygens (including phenoxy) is 1. The average molecular weight is 259 g/mol. The third-order valence-electron chi connectivity index (χ3n) is 2.11. The van der Waals surface area contributed by atoms with Crippen LogP contribution in [0.4, 0.5) is 5.69 Å². The summed E-state index contributed by atoms with van der Waals surface area (Å²) in [5.74, 6) is -0.890. The number of nitrogens with two attached hydrogens (primary N) is 1. The summed E-state index contributed by atoms with van der Waals surface area (Å²) in [6, 6.07) is 5.95. The first-order valence-corrected chi connectivity index (χ1v) is 4.79. The smallest absolute Gasteiger partial charge is 0.328 e. The highest BCUT2D eigenvalue weighted by Crippen LogP contribution is 2.10. The second-order valence-corrected chi connectivity index (χ2v) is 3.31. The number of carbonyl (C=O) groups excluding carboxylic acids is 2. The van der Waals surface area contributed by atoms with Gasteiger partial charge < -0.3 is 15.8 Å². The molecule has 0 saturated heterocycles. The number of hydrogen-bond acceptors (Lipinski definition) is 4. The molecule has 1 aromatic rings. The quantitative estimate of drug-likeness (QED) is 0.626. The molecule has 0 aliphatic rings. The lowest BCUT2D eigenvalue weighted by Gasteiger charge is -2.12. The lowest BCUT2D eigenvalue weighted by atomic mass is 10.1. The first-order chi connectivity index (χ1) is 7.56. The van der Waals surface area contributed by atoms with Crippen molar-refractivity contribution < 1.29 is 14.3 Å². The van der Waals surface area contributed by atoms with E-state index in [9.17, 15) is 9.59 Å². The van der Waals surface area contributed by atoms with Gasteiger partial charge in [-0.05, 0) is 19.1 Å². The minimum absolute atomic E-state index is 0. The van der Waals surface area contributed by atoms with Crippen molar-refractivity contribution in [3.8, 4) is 0 Å². The second-order valence-electron chi connectivity index (χ2n) is 3.31. The van der Waals surface area contributed by atoms with Gasteiger partial charge in [-0.1, -0.05) is 12.1 Å². The Morgan fingerprint density at radius 2 is 1.94 bits per heavy atom. The summed E-state index contributed by atoms with van der Waals surface area (Å²) in [6.07, 6.45) is 0. The van der Waals surface area contributed by atoms with E-state index in [0.717, 1.165) is 0 Å². The summed E-state index contributed by atoms with van der Waals surface area (Å²) in [7, 11) is 1.27. The van der Waals surface area contributed by atoms with E-state index in [4.69, 9.17) is 5.73 Å². The minimum Gasteiger partial charge on any atom is -0.467 e. The Kier molecular flexibility index (Phi) is 6.06. The Bertz CT molecular complexity index is 409. The molecule has 0 aromatic heterocycles. The Balaban J connectivity index is 0.00000256. The Labute approximate surface area is 106 Å². The third-order valence-corrected chi connectivity index (χ3v) is 2.11. The lowest BCUT2D eigenvalue weighted by Crippen LogP contribution is -2.39. The van der Waals surface area contributed by atoms with E-state index in [2.05, 4.69) is 10.1 Å². The van der Waals surface area contributed by atoms with Crippen LogP contribution in [0.2, 0.25) is 0 Å². The van der Waals surface area contributed by atoms with E-state index < -0.39 is 17.9 Å². The van der Waals surface area contributed by atoms with Crippen molar-refractivity contribution in [2.45, 2.75) is 13.0 Å². The summed E-state index contributed by atoms with van der Waals surface area (Å²) in [4.78, 5) is 22.8. The monoisotopic (exact) mass is 258 g/mol. The van der Waals surface area contributed by atoms with Crippen LogP contribution in [-0.2, 0) is 9.53 Å². The van der Waals surface area contributed by atoms with E-state index >= 15 is 0 Å². The number of para-hydroxylation sites is 1. The standard InChI is InChI=1S/C11H14N2O3.ClH/c1-7(11(15)16-2)13-10(14)8-5-3-4-6-9(8)12;/h3-7H,12H2,1-2H3,(H,13,14);1H/t7-;/m0./s1. The van der Waals surface area contributed by atoms with E-state index in [1.54, 1.807) is 31.2 Å². The molecule has 0 spiro atoms. The number of benzene rings is 1.